The number of hydrogen-bond acceptors (Lipinski definition) is 3. The van der Waals surface area contributed by atoms with Gasteiger partial charge in [0.2, 0.25) is 0 Å². The van der Waals surface area contributed by atoms with Crippen molar-refractivity contribution in [2.24, 2.45) is 5.92 Å². The molecule has 1 unspecified atom stereocenters. The van der Waals surface area contributed by atoms with Crippen LogP contribution in [-0.4, -0.2) is 22.0 Å². The van der Waals surface area contributed by atoms with Crippen molar-refractivity contribution in [2.45, 2.75) is 38.6 Å². The lowest BCUT2D eigenvalue weighted by Crippen LogP contribution is -2.21. The predicted molar refractivity (Wildman–Crippen MR) is 54.8 cm³/mol. The quantitative estimate of drug-likeness (QED) is 0.724. The molecule has 0 saturated heterocycles. The molecule has 78 valence electrons. The fourth-order valence-corrected chi connectivity index (χ4v) is 1.79. The SMILES string of the molecule is CCNC(CCC1CC1)c1cn[nH]n1. The van der Waals surface area contributed by atoms with E-state index in [2.05, 4.69) is 27.7 Å². The molecule has 0 amide bonds. The van der Waals surface area contributed by atoms with Gasteiger partial charge in [0.25, 0.3) is 0 Å². The minimum absolute atomic E-state index is 0.388. The highest BCUT2D eigenvalue weighted by Gasteiger charge is 2.23. The number of H-pyrrole nitrogens is 1. The number of nitrogens with zero attached hydrogens (tertiary/aromatic N) is 2. The van der Waals surface area contributed by atoms with E-state index < -0.39 is 0 Å². The summed E-state index contributed by atoms with van der Waals surface area (Å²) in [7, 11) is 0. The second-order valence-electron chi connectivity index (χ2n) is 4.03. The molecule has 1 aromatic rings. The van der Waals surface area contributed by atoms with Gasteiger partial charge in [-0.05, 0) is 25.3 Å². The van der Waals surface area contributed by atoms with Crippen LogP contribution < -0.4 is 5.32 Å². The Hall–Kier alpha value is -0.900. The van der Waals surface area contributed by atoms with Gasteiger partial charge < -0.3 is 5.32 Å². The molecule has 0 aromatic carbocycles. The lowest BCUT2D eigenvalue weighted by molar-refractivity contribution is 0.471. The van der Waals surface area contributed by atoms with Crippen LogP contribution >= 0.6 is 0 Å². The molecule has 1 aromatic heterocycles. The van der Waals surface area contributed by atoms with Gasteiger partial charge in [0.1, 0.15) is 0 Å². The predicted octanol–water partition coefficient (Wildman–Crippen LogP) is 1.65. The first kappa shape index (κ1) is 9.65. The Morgan fingerprint density at radius 2 is 2.50 bits per heavy atom. The van der Waals surface area contributed by atoms with Crippen LogP contribution in [0.25, 0.3) is 0 Å². The molecular weight excluding hydrogens is 176 g/mol. The Kier molecular flexibility index (Phi) is 3.14. The third kappa shape index (κ3) is 2.54. The van der Waals surface area contributed by atoms with E-state index in [0.717, 1.165) is 18.2 Å². The van der Waals surface area contributed by atoms with Gasteiger partial charge >= 0.3 is 0 Å². The average molecular weight is 194 g/mol. The zero-order chi connectivity index (χ0) is 9.80. The topological polar surface area (TPSA) is 53.6 Å². The lowest BCUT2D eigenvalue weighted by atomic mass is 10.1. The van der Waals surface area contributed by atoms with Gasteiger partial charge in [0.15, 0.2) is 0 Å². The zero-order valence-corrected chi connectivity index (χ0v) is 8.66. The van der Waals surface area contributed by atoms with Crippen LogP contribution in [0.15, 0.2) is 6.20 Å². The molecule has 14 heavy (non-hydrogen) atoms. The van der Waals surface area contributed by atoms with Crippen LogP contribution in [0.2, 0.25) is 0 Å². The van der Waals surface area contributed by atoms with Crippen molar-refractivity contribution < 1.29 is 0 Å². The minimum atomic E-state index is 0.388. The standard InChI is InChI=1S/C10H18N4/c1-2-11-9(6-5-8-3-4-8)10-7-12-14-13-10/h7-9,11H,2-6H2,1H3,(H,12,13,14). The zero-order valence-electron chi connectivity index (χ0n) is 8.66. The Bertz CT molecular complexity index is 253. The van der Waals surface area contributed by atoms with E-state index in [4.69, 9.17) is 0 Å². The molecule has 4 nitrogen and oxygen atoms in total. The molecule has 0 aliphatic heterocycles. The summed E-state index contributed by atoms with van der Waals surface area (Å²) in [5.74, 6) is 0.989. The van der Waals surface area contributed by atoms with Crippen molar-refractivity contribution in [2.75, 3.05) is 6.54 Å². The molecule has 0 bridgehead atoms. The van der Waals surface area contributed by atoms with Crippen molar-refractivity contribution >= 4 is 0 Å². The van der Waals surface area contributed by atoms with E-state index in [1.54, 1.807) is 0 Å². The number of aromatic amines is 1. The summed E-state index contributed by atoms with van der Waals surface area (Å²) < 4.78 is 0. The molecular formula is C10H18N4. The highest BCUT2D eigenvalue weighted by molar-refractivity contribution is 4.99. The number of aromatic nitrogens is 3. The van der Waals surface area contributed by atoms with Gasteiger partial charge in [-0.2, -0.15) is 15.4 Å². The monoisotopic (exact) mass is 194 g/mol. The summed E-state index contributed by atoms with van der Waals surface area (Å²) >= 11 is 0. The molecule has 0 spiro atoms. The maximum Gasteiger partial charge on any atom is 0.0993 e. The molecule has 2 rings (SSSR count). The Morgan fingerprint density at radius 1 is 1.64 bits per heavy atom. The molecule has 1 atom stereocenters. The smallest absolute Gasteiger partial charge is 0.0993 e. The second kappa shape index (κ2) is 4.55. The summed E-state index contributed by atoms with van der Waals surface area (Å²) in [6.07, 6.45) is 7.19. The lowest BCUT2D eigenvalue weighted by Gasteiger charge is -2.14. The summed E-state index contributed by atoms with van der Waals surface area (Å²) in [4.78, 5) is 0. The average Bonchev–Trinajstić information content (AvgIpc) is 2.86. The molecule has 1 heterocycles. The van der Waals surface area contributed by atoms with E-state index in [1.165, 1.54) is 25.7 Å². The van der Waals surface area contributed by atoms with Gasteiger partial charge in [-0.15, -0.1) is 0 Å². The van der Waals surface area contributed by atoms with E-state index in [-0.39, 0.29) is 0 Å². The molecule has 4 heteroatoms. The number of rotatable bonds is 6. The van der Waals surface area contributed by atoms with Crippen molar-refractivity contribution in [1.82, 2.24) is 20.7 Å². The Morgan fingerprint density at radius 3 is 3.07 bits per heavy atom. The fourth-order valence-electron chi connectivity index (χ4n) is 1.79. The van der Waals surface area contributed by atoms with Crippen molar-refractivity contribution in [1.29, 1.82) is 0 Å². The summed E-state index contributed by atoms with van der Waals surface area (Å²) in [5.41, 5.74) is 1.05. The minimum Gasteiger partial charge on any atom is -0.309 e. The molecule has 1 aliphatic carbocycles. The van der Waals surface area contributed by atoms with E-state index in [9.17, 15) is 0 Å². The maximum atomic E-state index is 4.13. The first-order chi connectivity index (χ1) is 6.90. The largest absolute Gasteiger partial charge is 0.309 e. The summed E-state index contributed by atoms with van der Waals surface area (Å²) in [6.45, 7) is 3.12. The third-order valence-electron chi connectivity index (χ3n) is 2.80. The fraction of sp³-hybridized carbons (Fsp3) is 0.800. The van der Waals surface area contributed by atoms with Gasteiger partial charge in [-0.3, -0.25) is 0 Å². The molecule has 0 radical (unpaired) electrons. The highest BCUT2D eigenvalue weighted by Crippen LogP contribution is 2.35. The van der Waals surface area contributed by atoms with E-state index in [1.807, 2.05) is 6.20 Å². The molecule has 1 saturated carbocycles. The molecule has 2 N–H and O–H groups in total. The van der Waals surface area contributed by atoms with Crippen LogP contribution in [0.3, 0.4) is 0 Å². The van der Waals surface area contributed by atoms with Crippen LogP contribution in [0.5, 0.6) is 0 Å². The van der Waals surface area contributed by atoms with Crippen molar-refractivity contribution in [3.05, 3.63) is 11.9 Å². The molecule has 1 aliphatic rings. The van der Waals surface area contributed by atoms with Crippen LogP contribution in [0.1, 0.15) is 44.3 Å². The normalized spacial score (nSPS) is 18.4. The van der Waals surface area contributed by atoms with Crippen molar-refractivity contribution in [3.63, 3.8) is 0 Å². The first-order valence-electron chi connectivity index (χ1n) is 5.49. The summed E-state index contributed by atoms with van der Waals surface area (Å²) in [5, 5.41) is 14.1. The Balaban J connectivity index is 1.85. The summed E-state index contributed by atoms with van der Waals surface area (Å²) in [6, 6.07) is 0.388. The van der Waals surface area contributed by atoms with Crippen LogP contribution in [0.4, 0.5) is 0 Å². The van der Waals surface area contributed by atoms with Gasteiger partial charge in [0, 0.05) is 0 Å². The van der Waals surface area contributed by atoms with E-state index >= 15 is 0 Å². The van der Waals surface area contributed by atoms with Gasteiger partial charge in [0.05, 0.1) is 17.9 Å². The third-order valence-corrected chi connectivity index (χ3v) is 2.80. The van der Waals surface area contributed by atoms with Gasteiger partial charge in [-0.1, -0.05) is 19.8 Å². The maximum absolute atomic E-state index is 4.13. The number of nitrogens with one attached hydrogen (secondary N) is 2. The van der Waals surface area contributed by atoms with Crippen LogP contribution in [-0.2, 0) is 0 Å². The van der Waals surface area contributed by atoms with Crippen LogP contribution in [0, 0.1) is 5.92 Å². The first-order valence-corrected chi connectivity index (χ1v) is 5.49. The van der Waals surface area contributed by atoms with E-state index in [0.29, 0.717) is 6.04 Å². The molecule has 1 fully saturated rings. The highest BCUT2D eigenvalue weighted by atomic mass is 15.3. The second-order valence-corrected chi connectivity index (χ2v) is 4.03. The Labute approximate surface area is 84.5 Å². The van der Waals surface area contributed by atoms with Gasteiger partial charge in [-0.25, -0.2) is 0 Å². The van der Waals surface area contributed by atoms with Crippen molar-refractivity contribution in [3.8, 4) is 0 Å². The number of hydrogen-bond donors (Lipinski definition) is 2.